The summed E-state index contributed by atoms with van der Waals surface area (Å²) in [6.45, 7) is 0.0339. The zero-order chi connectivity index (χ0) is 14.6. The minimum atomic E-state index is -0.524. The van der Waals surface area contributed by atoms with Gasteiger partial charge in [0.1, 0.15) is 5.75 Å². The molecule has 0 spiro atoms. The first-order valence-corrected chi connectivity index (χ1v) is 6.47. The first kappa shape index (κ1) is 15.0. The van der Waals surface area contributed by atoms with Gasteiger partial charge in [0, 0.05) is 31.4 Å². The van der Waals surface area contributed by atoms with Crippen LogP contribution in [-0.2, 0) is 15.0 Å². The van der Waals surface area contributed by atoms with E-state index in [4.69, 9.17) is 24.7 Å². The van der Waals surface area contributed by atoms with Crippen molar-refractivity contribution in [3.8, 4) is 11.5 Å². The van der Waals surface area contributed by atoms with Crippen LogP contribution in [0.5, 0.6) is 11.5 Å². The van der Waals surface area contributed by atoms with E-state index in [9.17, 15) is 4.39 Å². The van der Waals surface area contributed by atoms with E-state index in [2.05, 4.69) is 0 Å². The van der Waals surface area contributed by atoms with Crippen molar-refractivity contribution >= 4 is 0 Å². The average Bonchev–Trinajstić information content (AvgIpc) is 2.41. The number of hydrogen-bond acceptors (Lipinski definition) is 5. The second kappa shape index (κ2) is 6.39. The van der Waals surface area contributed by atoms with Gasteiger partial charge in [0.25, 0.3) is 0 Å². The normalized spacial score (nSPS) is 16.6. The standard InChI is InChI=1S/C14H20FNO4/c1-17-8-19-12-7-13(20-9-18-2)11(15)6-10(12)14(16)4-3-5-14/h6-7H,3-5,8-9,16H2,1-2H3. The van der Waals surface area contributed by atoms with Crippen molar-refractivity contribution in [3.63, 3.8) is 0 Å². The maximum absolute atomic E-state index is 14.0. The minimum Gasteiger partial charge on any atom is -0.467 e. The van der Waals surface area contributed by atoms with Gasteiger partial charge >= 0.3 is 0 Å². The molecule has 112 valence electrons. The molecule has 0 aromatic heterocycles. The number of benzene rings is 1. The largest absolute Gasteiger partial charge is 0.467 e. The number of hydrogen-bond donors (Lipinski definition) is 1. The highest BCUT2D eigenvalue weighted by Crippen LogP contribution is 2.44. The number of nitrogens with two attached hydrogens (primary N) is 1. The average molecular weight is 285 g/mol. The van der Waals surface area contributed by atoms with Gasteiger partial charge < -0.3 is 24.7 Å². The highest BCUT2D eigenvalue weighted by Gasteiger charge is 2.37. The van der Waals surface area contributed by atoms with Crippen LogP contribution in [0.15, 0.2) is 12.1 Å². The van der Waals surface area contributed by atoms with Crippen molar-refractivity contribution in [1.82, 2.24) is 0 Å². The van der Waals surface area contributed by atoms with Gasteiger partial charge in [0.05, 0.1) is 0 Å². The summed E-state index contributed by atoms with van der Waals surface area (Å²) >= 11 is 0. The summed E-state index contributed by atoms with van der Waals surface area (Å²) in [6, 6.07) is 2.88. The number of methoxy groups -OCH3 is 2. The van der Waals surface area contributed by atoms with Crippen molar-refractivity contribution in [2.24, 2.45) is 5.73 Å². The predicted octanol–water partition coefficient (Wildman–Crippen LogP) is 2.13. The third kappa shape index (κ3) is 3.03. The SMILES string of the molecule is COCOc1cc(OCOC)c(C2(N)CCC2)cc1F. The lowest BCUT2D eigenvalue weighted by Gasteiger charge is -2.39. The molecular weight excluding hydrogens is 265 g/mol. The molecule has 1 aliphatic rings. The monoisotopic (exact) mass is 285 g/mol. The molecule has 1 aromatic rings. The minimum absolute atomic E-state index is 0.0340. The predicted molar refractivity (Wildman–Crippen MR) is 71.1 cm³/mol. The summed E-state index contributed by atoms with van der Waals surface area (Å²) < 4.78 is 34.4. The van der Waals surface area contributed by atoms with E-state index in [0.717, 1.165) is 19.3 Å². The quantitative estimate of drug-likeness (QED) is 0.778. The molecule has 6 heteroatoms. The van der Waals surface area contributed by atoms with E-state index in [1.165, 1.54) is 26.4 Å². The Labute approximate surface area is 117 Å². The van der Waals surface area contributed by atoms with E-state index < -0.39 is 11.4 Å². The maximum atomic E-state index is 14.0. The molecule has 0 aliphatic heterocycles. The van der Waals surface area contributed by atoms with E-state index in [-0.39, 0.29) is 19.3 Å². The number of halogens is 1. The lowest BCUT2D eigenvalue weighted by atomic mass is 9.72. The molecule has 0 bridgehead atoms. The third-order valence-corrected chi connectivity index (χ3v) is 3.48. The Morgan fingerprint density at radius 1 is 1.10 bits per heavy atom. The summed E-state index contributed by atoms with van der Waals surface area (Å²) in [5.41, 5.74) is 6.39. The van der Waals surface area contributed by atoms with E-state index in [1.807, 2.05) is 0 Å². The van der Waals surface area contributed by atoms with E-state index in [1.54, 1.807) is 0 Å². The fraction of sp³-hybridized carbons (Fsp3) is 0.571. The maximum Gasteiger partial charge on any atom is 0.188 e. The summed E-state index contributed by atoms with van der Waals surface area (Å²) in [6.07, 6.45) is 2.66. The first-order valence-electron chi connectivity index (χ1n) is 6.47. The second-order valence-electron chi connectivity index (χ2n) is 4.89. The molecule has 0 saturated heterocycles. The lowest BCUT2D eigenvalue weighted by molar-refractivity contribution is 0.0424. The van der Waals surface area contributed by atoms with Gasteiger partial charge in [-0.3, -0.25) is 0 Å². The zero-order valence-corrected chi connectivity index (χ0v) is 11.8. The molecule has 0 heterocycles. The molecule has 1 aliphatic carbocycles. The Kier molecular flexibility index (Phi) is 4.80. The fourth-order valence-electron chi connectivity index (χ4n) is 2.23. The van der Waals surface area contributed by atoms with Crippen LogP contribution < -0.4 is 15.2 Å². The van der Waals surface area contributed by atoms with Crippen LogP contribution in [0.3, 0.4) is 0 Å². The van der Waals surface area contributed by atoms with Gasteiger partial charge in [-0.25, -0.2) is 4.39 Å². The molecule has 20 heavy (non-hydrogen) atoms. The molecule has 0 radical (unpaired) electrons. The Morgan fingerprint density at radius 2 is 1.70 bits per heavy atom. The van der Waals surface area contributed by atoms with Crippen LogP contribution in [0.1, 0.15) is 24.8 Å². The molecule has 2 N–H and O–H groups in total. The van der Waals surface area contributed by atoms with Crippen LogP contribution in [0, 0.1) is 5.82 Å². The van der Waals surface area contributed by atoms with Crippen LogP contribution in [0.4, 0.5) is 4.39 Å². The van der Waals surface area contributed by atoms with Crippen molar-refractivity contribution in [3.05, 3.63) is 23.5 Å². The Hall–Kier alpha value is -1.37. The molecule has 1 fully saturated rings. The molecule has 2 rings (SSSR count). The molecule has 1 saturated carbocycles. The van der Waals surface area contributed by atoms with Gasteiger partial charge in [-0.2, -0.15) is 0 Å². The first-order chi connectivity index (χ1) is 9.60. The van der Waals surface area contributed by atoms with Gasteiger partial charge in [-0.15, -0.1) is 0 Å². The molecule has 0 unspecified atom stereocenters. The highest BCUT2D eigenvalue weighted by atomic mass is 19.1. The summed E-state index contributed by atoms with van der Waals surface area (Å²) in [7, 11) is 2.99. The lowest BCUT2D eigenvalue weighted by Crippen LogP contribution is -2.43. The topological polar surface area (TPSA) is 62.9 Å². The molecule has 5 nitrogen and oxygen atoms in total. The second-order valence-corrected chi connectivity index (χ2v) is 4.89. The van der Waals surface area contributed by atoms with Crippen LogP contribution in [-0.4, -0.2) is 27.8 Å². The Morgan fingerprint density at radius 3 is 2.20 bits per heavy atom. The van der Waals surface area contributed by atoms with Gasteiger partial charge in [-0.05, 0) is 25.3 Å². The Bertz CT molecular complexity index is 463. The smallest absolute Gasteiger partial charge is 0.188 e. The summed E-state index contributed by atoms with van der Waals surface area (Å²) in [5.74, 6) is 0.0877. The van der Waals surface area contributed by atoms with Gasteiger partial charge in [0.2, 0.25) is 0 Å². The molecule has 0 amide bonds. The van der Waals surface area contributed by atoms with Crippen molar-refractivity contribution in [1.29, 1.82) is 0 Å². The van der Waals surface area contributed by atoms with Crippen molar-refractivity contribution in [2.45, 2.75) is 24.8 Å². The van der Waals surface area contributed by atoms with Crippen molar-refractivity contribution < 1.29 is 23.3 Å². The molecule has 1 aromatic carbocycles. The number of ether oxygens (including phenoxy) is 4. The molecule has 0 atom stereocenters. The summed E-state index contributed by atoms with van der Waals surface area (Å²) in [4.78, 5) is 0. The van der Waals surface area contributed by atoms with E-state index in [0.29, 0.717) is 11.3 Å². The summed E-state index contributed by atoms with van der Waals surface area (Å²) in [5, 5.41) is 0. The van der Waals surface area contributed by atoms with Crippen molar-refractivity contribution in [2.75, 3.05) is 27.8 Å². The van der Waals surface area contributed by atoms with Gasteiger partial charge in [-0.1, -0.05) is 0 Å². The third-order valence-electron chi connectivity index (χ3n) is 3.48. The van der Waals surface area contributed by atoms with Gasteiger partial charge in [0.15, 0.2) is 25.2 Å². The van der Waals surface area contributed by atoms with Crippen LogP contribution in [0.25, 0.3) is 0 Å². The van der Waals surface area contributed by atoms with Crippen LogP contribution >= 0.6 is 0 Å². The fourth-order valence-corrected chi connectivity index (χ4v) is 2.23. The molecular formula is C14H20FNO4. The zero-order valence-electron chi connectivity index (χ0n) is 11.8. The Balaban J connectivity index is 2.31. The highest BCUT2D eigenvalue weighted by molar-refractivity contribution is 5.46. The van der Waals surface area contributed by atoms with E-state index >= 15 is 0 Å². The number of rotatable bonds is 7. The van der Waals surface area contributed by atoms with Crippen LogP contribution in [0.2, 0.25) is 0 Å².